The van der Waals surface area contributed by atoms with E-state index < -0.39 is 5.60 Å². The Labute approximate surface area is 121 Å². The van der Waals surface area contributed by atoms with Crippen molar-refractivity contribution in [3.8, 4) is 0 Å². The van der Waals surface area contributed by atoms with Crippen LogP contribution >= 0.6 is 35.0 Å². The minimum atomic E-state index is -0.485. The highest BCUT2D eigenvalue weighted by Gasteiger charge is 2.17. The van der Waals surface area contributed by atoms with Gasteiger partial charge in [-0.1, -0.05) is 23.2 Å². The van der Waals surface area contributed by atoms with Gasteiger partial charge in [0.15, 0.2) is 0 Å². The summed E-state index contributed by atoms with van der Waals surface area (Å²) in [7, 11) is 0. The van der Waals surface area contributed by atoms with Gasteiger partial charge in [0.2, 0.25) is 0 Å². The van der Waals surface area contributed by atoms with E-state index in [2.05, 4.69) is 0 Å². The SMILES string of the molecule is CC(C)(C)OC(=O)CSc1cc(Cl)c(Cl)cc1N. The Bertz CT molecular complexity index is 458. The van der Waals surface area contributed by atoms with Gasteiger partial charge in [-0.05, 0) is 32.9 Å². The number of rotatable bonds is 3. The zero-order chi connectivity index (χ0) is 13.9. The Kier molecular flexibility index (Phi) is 5.20. The average Bonchev–Trinajstić information content (AvgIpc) is 2.19. The van der Waals surface area contributed by atoms with Gasteiger partial charge in [0.05, 0.1) is 15.8 Å². The molecule has 0 unspecified atom stereocenters. The summed E-state index contributed by atoms with van der Waals surface area (Å²) in [4.78, 5) is 12.3. The summed E-state index contributed by atoms with van der Waals surface area (Å²) in [6.07, 6.45) is 0. The molecule has 6 heteroatoms. The van der Waals surface area contributed by atoms with Gasteiger partial charge >= 0.3 is 5.97 Å². The zero-order valence-corrected chi connectivity index (χ0v) is 12.7. The molecule has 0 saturated heterocycles. The number of esters is 1. The molecular weight excluding hydrogens is 293 g/mol. The summed E-state index contributed by atoms with van der Waals surface area (Å²) >= 11 is 13.0. The largest absolute Gasteiger partial charge is 0.459 e. The minimum Gasteiger partial charge on any atom is -0.459 e. The lowest BCUT2D eigenvalue weighted by Gasteiger charge is -2.19. The molecule has 0 aliphatic heterocycles. The lowest BCUT2D eigenvalue weighted by molar-refractivity contribution is -0.151. The number of carbonyl (C=O) groups excluding carboxylic acids is 1. The third-order valence-corrected chi connectivity index (χ3v) is 3.59. The molecule has 0 spiro atoms. The molecule has 1 rings (SSSR count). The first-order valence-corrected chi connectivity index (χ1v) is 7.02. The average molecular weight is 308 g/mol. The number of nitrogens with two attached hydrogens (primary N) is 1. The van der Waals surface area contributed by atoms with Crippen LogP contribution in [0.4, 0.5) is 5.69 Å². The van der Waals surface area contributed by atoms with Crippen molar-refractivity contribution in [2.75, 3.05) is 11.5 Å². The first-order valence-electron chi connectivity index (χ1n) is 5.28. The number of ether oxygens (including phenoxy) is 1. The van der Waals surface area contributed by atoms with Gasteiger partial charge in [-0.2, -0.15) is 0 Å². The van der Waals surface area contributed by atoms with Gasteiger partial charge in [-0.3, -0.25) is 4.79 Å². The second kappa shape index (κ2) is 6.04. The van der Waals surface area contributed by atoms with E-state index in [4.69, 9.17) is 33.7 Å². The molecule has 0 aliphatic rings. The van der Waals surface area contributed by atoms with Crippen molar-refractivity contribution >= 4 is 46.6 Å². The molecule has 0 bridgehead atoms. The molecule has 0 heterocycles. The fraction of sp³-hybridized carbons (Fsp3) is 0.417. The third kappa shape index (κ3) is 4.96. The zero-order valence-electron chi connectivity index (χ0n) is 10.4. The molecule has 1 aromatic carbocycles. The van der Waals surface area contributed by atoms with Crippen LogP contribution < -0.4 is 5.73 Å². The van der Waals surface area contributed by atoms with Gasteiger partial charge in [-0.25, -0.2) is 0 Å². The van der Waals surface area contributed by atoms with E-state index in [9.17, 15) is 4.79 Å². The monoisotopic (exact) mass is 307 g/mol. The molecule has 0 aliphatic carbocycles. The Morgan fingerprint density at radius 1 is 1.33 bits per heavy atom. The number of nitrogen functional groups attached to an aromatic ring is 1. The third-order valence-electron chi connectivity index (χ3n) is 1.82. The van der Waals surface area contributed by atoms with Gasteiger partial charge in [0, 0.05) is 10.6 Å². The highest BCUT2D eigenvalue weighted by Crippen LogP contribution is 2.33. The predicted octanol–water partition coefficient (Wildman–Crippen LogP) is 4.01. The summed E-state index contributed by atoms with van der Waals surface area (Å²) < 4.78 is 5.19. The molecule has 100 valence electrons. The Balaban J connectivity index is 2.64. The maximum absolute atomic E-state index is 11.6. The van der Waals surface area contributed by atoms with E-state index in [1.54, 1.807) is 12.1 Å². The smallest absolute Gasteiger partial charge is 0.316 e. The van der Waals surface area contributed by atoms with Crippen LogP contribution in [0.1, 0.15) is 20.8 Å². The Hall–Kier alpha value is -0.580. The van der Waals surface area contributed by atoms with E-state index in [0.29, 0.717) is 15.7 Å². The normalized spacial score (nSPS) is 11.4. The highest BCUT2D eigenvalue weighted by atomic mass is 35.5. The number of benzene rings is 1. The van der Waals surface area contributed by atoms with Crippen LogP contribution in [0.25, 0.3) is 0 Å². The van der Waals surface area contributed by atoms with Crippen LogP contribution in [-0.4, -0.2) is 17.3 Å². The van der Waals surface area contributed by atoms with Crippen molar-refractivity contribution in [3.05, 3.63) is 22.2 Å². The molecule has 0 fully saturated rings. The van der Waals surface area contributed by atoms with E-state index in [0.717, 1.165) is 4.90 Å². The fourth-order valence-corrected chi connectivity index (χ4v) is 2.34. The van der Waals surface area contributed by atoms with Crippen LogP contribution in [0.3, 0.4) is 0 Å². The summed E-state index contributed by atoms with van der Waals surface area (Å²) in [5, 5.41) is 0.813. The molecular formula is C12H15Cl2NO2S. The van der Waals surface area contributed by atoms with E-state index in [1.165, 1.54) is 11.8 Å². The van der Waals surface area contributed by atoms with E-state index in [-0.39, 0.29) is 11.7 Å². The van der Waals surface area contributed by atoms with Crippen LogP contribution in [-0.2, 0) is 9.53 Å². The quantitative estimate of drug-likeness (QED) is 0.521. The summed E-state index contributed by atoms with van der Waals surface area (Å²) in [5.41, 5.74) is 5.80. The second-order valence-corrected chi connectivity index (χ2v) is 6.51. The number of hydrogen-bond acceptors (Lipinski definition) is 4. The molecule has 3 nitrogen and oxygen atoms in total. The lowest BCUT2D eigenvalue weighted by atomic mass is 10.2. The Morgan fingerprint density at radius 3 is 2.44 bits per heavy atom. The van der Waals surface area contributed by atoms with Crippen molar-refractivity contribution in [1.82, 2.24) is 0 Å². The number of thioether (sulfide) groups is 1. The van der Waals surface area contributed by atoms with Crippen LogP contribution in [0.15, 0.2) is 17.0 Å². The van der Waals surface area contributed by atoms with Crippen molar-refractivity contribution in [3.63, 3.8) is 0 Å². The first kappa shape index (κ1) is 15.5. The van der Waals surface area contributed by atoms with Crippen molar-refractivity contribution < 1.29 is 9.53 Å². The van der Waals surface area contributed by atoms with Gasteiger partial charge in [0.25, 0.3) is 0 Å². The summed E-state index contributed by atoms with van der Waals surface area (Å²) in [6.45, 7) is 5.47. The van der Waals surface area contributed by atoms with Gasteiger partial charge in [0.1, 0.15) is 5.60 Å². The van der Waals surface area contributed by atoms with Crippen LogP contribution in [0.5, 0.6) is 0 Å². The number of anilines is 1. The number of hydrogen-bond donors (Lipinski definition) is 1. The maximum Gasteiger partial charge on any atom is 0.316 e. The molecule has 1 aromatic rings. The standard InChI is InChI=1S/C12H15Cl2NO2S/c1-12(2,3)17-11(16)6-18-10-5-8(14)7(13)4-9(10)15/h4-5H,6,15H2,1-3H3. The van der Waals surface area contributed by atoms with Crippen LogP contribution in [0.2, 0.25) is 10.0 Å². The maximum atomic E-state index is 11.6. The molecule has 0 atom stereocenters. The molecule has 18 heavy (non-hydrogen) atoms. The number of halogens is 2. The van der Waals surface area contributed by atoms with Crippen LogP contribution in [0, 0.1) is 0 Å². The molecule has 0 aromatic heterocycles. The first-order chi connectivity index (χ1) is 8.19. The van der Waals surface area contributed by atoms with Crippen molar-refractivity contribution in [1.29, 1.82) is 0 Å². The molecule has 0 saturated carbocycles. The summed E-state index contributed by atoms with van der Waals surface area (Å²) in [5.74, 6) is -0.114. The second-order valence-electron chi connectivity index (χ2n) is 4.68. The lowest BCUT2D eigenvalue weighted by Crippen LogP contribution is -2.24. The van der Waals surface area contributed by atoms with Gasteiger partial charge in [-0.15, -0.1) is 11.8 Å². The molecule has 0 amide bonds. The fourth-order valence-electron chi connectivity index (χ4n) is 1.18. The van der Waals surface area contributed by atoms with Gasteiger partial charge < -0.3 is 10.5 Å². The highest BCUT2D eigenvalue weighted by molar-refractivity contribution is 8.00. The van der Waals surface area contributed by atoms with E-state index >= 15 is 0 Å². The van der Waals surface area contributed by atoms with Crippen molar-refractivity contribution in [2.45, 2.75) is 31.3 Å². The summed E-state index contributed by atoms with van der Waals surface area (Å²) in [6, 6.07) is 3.22. The molecule has 0 radical (unpaired) electrons. The minimum absolute atomic E-state index is 0.180. The molecule has 2 N–H and O–H groups in total. The topological polar surface area (TPSA) is 52.3 Å². The Morgan fingerprint density at radius 2 is 1.89 bits per heavy atom. The predicted molar refractivity (Wildman–Crippen MR) is 77.4 cm³/mol. The number of carbonyl (C=O) groups is 1. The van der Waals surface area contributed by atoms with E-state index in [1.807, 2.05) is 20.8 Å². The van der Waals surface area contributed by atoms with Crippen molar-refractivity contribution in [2.24, 2.45) is 0 Å².